The standard InChI is InChI=1S/C24H48O2/c1-5-7-8-9-10-11-12-13-14-15-16-17-18-19-21-24(4,26)22-23(3,25)20-6-2/h6,25-26H,2,5,7-22H2,1,3-4H3. The highest BCUT2D eigenvalue weighted by atomic mass is 16.3. The molecule has 0 aliphatic heterocycles. The quantitative estimate of drug-likeness (QED) is 0.185. The van der Waals surface area contributed by atoms with Crippen LogP contribution in [0.2, 0.25) is 0 Å². The first kappa shape index (κ1) is 25.7. The minimum Gasteiger partial charge on any atom is -0.390 e. The van der Waals surface area contributed by atoms with Crippen molar-refractivity contribution in [3.8, 4) is 0 Å². The summed E-state index contributed by atoms with van der Waals surface area (Å²) in [6, 6.07) is 0. The Morgan fingerprint density at radius 2 is 1.04 bits per heavy atom. The van der Waals surface area contributed by atoms with E-state index in [-0.39, 0.29) is 0 Å². The second-order valence-electron chi connectivity index (χ2n) is 9.01. The predicted molar refractivity (Wildman–Crippen MR) is 116 cm³/mol. The van der Waals surface area contributed by atoms with Gasteiger partial charge < -0.3 is 10.2 Å². The van der Waals surface area contributed by atoms with E-state index in [0.29, 0.717) is 12.8 Å². The minimum absolute atomic E-state index is 0.421. The summed E-state index contributed by atoms with van der Waals surface area (Å²) in [6.45, 7) is 9.59. The second-order valence-corrected chi connectivity index (χ2v) is 9.01. The highest BCUT2D eigenvalue weighted by Crippen LogP contribution is 2.28. The van der Waals surface area contributed by atoms with Gasteiger partial charge in [0.1, 0.15) is 0 Å². The average molecular weight is 369 g/mol. The maximum atomic E-state index is 10.5. The van der Waals surface area contributed by atoms with Crippen LogP contribution in [0.5, 0.6) is 0 Å². The lowest BCUT2D eigenvalue weighted by atomic mass is 9.84. The van der Waals surface area contributed by atoms with Gasteiger partial charge in [-0.15, -0.1) is 6.58 Å². The van der Waals surface area contributed by atoms with Gasteiger partial charge in [-0.1, -0.05) is 103 Å². The Balaban J connectivity index is 3.43. The van der Waals surface area contributed by atoms with Crippen molar-refractivity contribution in [2.24, 2.45) is 0 Å². The van der Waals surface area contributed by atoms with Gasteiger partial charge in [0.2, 0.25) is 0 Å². The minimum atomic E-state index is -0.846. The first-order valence-electron chi connectivity index (χ1n) is 11.4. The van der Waals surface area contributed by atoms with Gasteiger partial charge in [0.05, 0.1) is 11.2 Å². The fourth-order valence-electron chi connectivity index (χ4n) is 3.99. The van der Waals surface area contributed by atoms with Crippen LogP contribution < -0.4 is 0 Å². The molecule has 0 amide bonds. The number of hydrogen-bond acceptors (Lipinski definition) is 2. The van der Waals surface area contributed by atoms with Crippen molar-refractivity contribution < 1.29 is 10.2 Å². The molecule has 0 aliphatic rings. The average Bonchev–Trinajstić information content (AvgIpc) is 2.54. The molecule has 0 heterocycles. The van der Waals surface area contributed by atoms with Gasteiger partial charge in [0.25, 0.3) is 0 Å². The predicted octanol–water partition coefficient (Wildman–Crippen LogP) is 7.33. The molecule has 0 aromatic heterocycles. The van der Waals surface area contributed by atoms with Crippen LogP contribution >= 0.6 is 0 Å². The van der Waals surface area contributed by atoms with Crippen molar-refractivity contribution in [1.82, 2.24) is 0 Å². The maximum absolute atomic E-state index is 10.5. The van der Waals surface area contributed by atoms with E-state index in [1.165, 1.54) is 83.5 Å². The van der Waals surface area contributed by atoms with Crippen molar-refractivity contribution in [1.29, 1.82) is 0 Å². The Hall–Kier alpha value is -0.340. The van der Waals surface area contributed by atoms with Gasteiger partial charge in [-0.3, -0.25) is 0 Å². The van der Waals surface area contributed by atoms with E-state index in [1.807, 2.05) is 6.92 Å². The van der Waals surface area contributed by atoms with Gasteiger partial charge in [-0.05, 0) is 26.7 Å². The van der Waals surface area contributed by atoms with Gasteiger partial charge in [0.15, 0.2) is 0 Å². The highest BCUT2D eigenvalue weighted by molar-refractivity contribution is 4.89. The molecule has 0 saturated heterocycles. The number of rotatable bonds is 19. The third-order valence-corrected chi connectivity index (χ3v) is 5.41. The van der Waals surface area contributed by atoms with E-state index >= 15 is 0 Å². The molecule has 0 saturated carbocycles. The molecule has 156 valence electrons. The molecule has 2 nitrogen and oxygen atoms in total. The maximum Gasteiger partial charge on any atom is 0.0681 e. The smallest absolute Gasteiger partial charge is 0.0681 e. The zero-order valence-corrected chi connectivity index (χ0v) is 18.2. The number of aliphatic hydroxyl groups is 2. The van der Waals surface area contributed by atoms with Crippen molar-refractivity contribution in [2.45, 2.75) is 141 Å². The summed E-state index contributed by atoms with van der Waals surface area (Å²) >= 11 is 0. The summed E-state index contributed by atoms with van der Waals surface area (Å²) < 4.78 is 0. The molecule has 0 spiro atoms. The number of unbranched alkanes of at least 4 members (excludes halogenated alkanes) is 13. The molecule has 2 heteroatoms. The van der Waals surface area contributed by atoms with E-state index in [1.54, 1.807) is 13.0 Å². The lowest BCUT2D eigenvalue weighted by Gasteiger charge is -2.32. The Morgan fingerprint density at radius 3 is 1.42 bits per heavy atom. The van der Waals surface area contributed by atoms with E-state index in [2.05, 4.69) is 13.5 Å². The van der Waals surface area contributed by atoms with Crippen molar-refractivity contribution in [2.75, 3.05) is 0 Å². The van der Waals surface area contributed by atoms with Gasteiger partial charge in [-0.25, -0.2) is 0 Å². The van der Waals surface area contributed by atoms with Crippen LogP contribution in [0.4, 0.5) is 0 Å². The van der Waals surface area contributed by atoms with Crippen molar-refractivity contribution in [3.05, 3.63) is 12.7 Å². The highest BCUT2D eigenvalue weighted by Gasteiger charge is 2.30. The molecule has 2 unspecified atom stereocenters. The molecule has 2 atom stereocenters. The lowest BCUT2D eigenvalue weighted by Crippen LogP contribution is -2.37. The van der Waals surface area contributed by atoms with E-state index in [0.717, 1.165) is 12.8 Å². The Morgan fingerprint density at radius 1 is 0.654 bits per heavy atom. The molecule has 0 aliphatic carbocycles. The molecule has 0 rings (SSSR count). The fourth-order valence-corrected chi connectivity index (χ4v) is 3.99. The normalized spacial score (nSPS) is 16.2. The van der Waals surface area contributed by atoms with Crippen LogP contribution in [0.25, 0.3) is 0 Å². The van der Waals surface area contributed by atoms with Crippen LogP contribution in [0.3, 0.4) is 0 Å². The lowest BCUT2D eigenvalue weighted by molar-refractivity contribution is -0.0486. The summed E-state index contributed by atoms with van der Waals surface area (Å²) in [7, 11) is 0. The second kappa shape index (κ2) is 15.7. The van der Waals surface area contributed by atoms with Crippen LogP contribution in [0.15, 0.2) is 12.7 Å². The fraction of sp³-hybridized carbons (Fsp3) is 0.917. The topological polar surface area (TPSA) is 40.5 Å². The molecule has 0 radical (unpaired) electrons. The monoisotopic (exact) mass is 368 g/mol. The molecule has 0 bridgehead atoms. The SMILES string of the molecule is C=CCC(C)(O)CC(C)(O)CCCCCCCCCCCCCCCC. The third kappa shape index (κ3) is 17.1. The molecular formula is C24H48O2. The van der Waals surface area contributed by atoms with Crippen molar-refractivity contribution >= 4 is 0 Å². The van der Waals surface area contributed by atoms with E-state index in [4.69, 9.17) is 0 Å². The Bertz CT molecular complexity index is 320. The molecule has 0 aromatic carbocycles. The summed E-state index contributed by atoms with van der Waals surface area (Å²) in [4.78, 5) is 0. The first-order valence-corrected chi connectivity index (χ1v) is 11.4. The zero-order valence-electron chi connectivity index (χ0n) is 18.2. The Labute approximate surface area is 164 Å². The summed E-state index contributed by atoms with van der Waals surface area (Å²) in [5.74, 6) is 0. The number of hydrogen-bond donors (Lipinski definition) is 2. The first-order chi connectivity index (χ1) is 12.3. The molecule has 0 aromatic rings. The van der Waals surface area contributed by atoms with Gasteiger partial charge >= 0.3 is 0 Å². The van der Waals surface area contributed by atoms with E-state index < -0.39 is 11.2 Å². The van der Waals surface area contributed by atoms with Gasteiger partial charge in [-0.2, -0.15) is 0 Å². The molecule has 26 heavy (non-hydrogen) atoms. The Kier molecular flexibility index (Phi) is 15.5. The molecular weight excluding hydrogens is 320 g/mol. The van der Waals surface area contributed by atoms with Crippen LogP contribution in [0, 0.1) is 0 Å². The zero-order chi connectivity index (χ0) is 19.7. The molecule has 2 N–H and O–H groups in total. The summed E-state index contributed by atoms with van der Waals surface area (Å²) in [5, 5.41) is 20.7. The van der Waals surface area contributed by atoms with E-state index in [9.17, 15) is 10.2 Å². The van der Waals surface area contributed by atoms with Crippen LogP contribution in [-0.4, -0.2) is 21.4 Å². The van der Waals surface area contributed by atoms with Gasteiger partial charge in [0, 0.05) is 6.42 Å². The third-order valence-electron chi connectivity index (χ3n) is 5.41. The largest absolute Gasteiger partial charge is 0.390 e. The van der Waals surface area contributed by atoms with Crippen molar-refractivity contribution in [3.63, 3.8) is 0 Å². The van der Waals surface area contributed by atoms with Crippen LogP contribution in [0.1, 0.15) is 130 Å². The molecule has 0 fully saturated rings. The summed E-state index contributed by atoms with van der Waals surface area (Å²) in [6.07, 6.45) is 22.3. The van der Waals surface area contributed by atoms with Crippen LogP contribution in [-0.2, 0) is 0 Å². The summed E-state index contributed by atoms with van der Waals surface area (Å²) in [5.41, 5.74) is -1.62.